The van der Waals surface area contributed by atoms with E-state index in [1.165, 1.54) is 0 Å². The summed E-state index contributed by atoms with van der Waals surface area (Å²) < 4.78 is 8.51. The number of halogens is 4. The molecule has 0 bridgehead atoms. The molecule has 1 aliphatic rings. The number of hydrogen-bond acceptors (Lipinski definition) is 5. The number of likely N-dealkylation sites (N-methyl/N-ethyl adjacent to an activating group) is 1. The van der Waals surface area contributed by atoms with Gasteiger partial charge in [-0.2, -0.15) is 0 Å². The zero-order chi connectivity index (χ0) is 25.0. The van der Waals surface area contributed by atoms with E-state index in [2.05, 4.69) is 15.6 Å². The molecule has 2 amide bonds. The highest BCUT2D eigenvalue weighted by Gasteiger charge is 2.34. The summed E-state index contributed by atoms with van der Waals surface area (Å²) >= 11 is 14.2. The molecule has 4 unspecified atom stereocenters. The first-order valence-corrected chi connectivity index (χ1v) is 13.1. The molecule has 0 radical (unpaired) electrons. The molecule has 0 saturated carbocycles. The SMILES string of the molecule is Cc1cn2cccc(OC(NC(=O)C(Cl)NC(=O)C[N+]3(C)CCSC(Cl)C3)c3ccccc3)c2n1.Cl.Cl. The maximum absolute atomic E-state index is 13.0. The molecule has 1 saturated heterocycles. The Labute approximate surface area is 242 Å². The Morgan fingerprint density at radius 1 is 1.22 bits per heavy atom. The number of hydrogen-bond donors (Lipinski definition) is 2. The van der Waals surface area contributed by atoms with Crippen LogP contribution in [0.3, 0.4) is 0 Å². The molecule has 2 N–H and O–H groups in total. The smallest absolute Gasteiger partial charge is 0.276 e. The lowest BCUT2D eigenvalue weighted by molar-refractivity contribution is -0.899. The van der Waals surface area contributed by atoms with Crippen LogP contribution in [0, 0.1) is 6.92 Å². The zero-order valence-electron chi connectivity index (χ0n) is 20.3. The number of rotatable bonds is 8. The minimum Gasteiger partial charge on any atom is -0.462 e. The number of pyridine rings is 1. The van der Waals surface area contributed by atoms with E-state index in [1.807, 2.05) is 67.2 Å². The van der Waals surface area contributed by atoms with Crippen molar-refractivity contribution in [3.8, 4) is 5.75 Å². The summed E-state index contributed by atoms with van der Waals surface area (Å²) in [5.41, 5.74) is 0.928. The molecule has 0 aliphatic carbocycles. The predicted octanol–water partition coefficient (Wildman–Crippen LogP) is 4.12. The van der Waals surface area contributed by atoms with Gasteiger partial charge in [0.05, 0.1) is 19.3 Å². The normalized spacial score (nSPS) is 20.6. The molecule has 1 aliphatic heterocycles. The Hall–Kier alpha value is -1.88. The zero-order valence-corrected chi connectivity index (χ0v) is 24.3. The third-order valence-electron chi connectivity index (χ3n) is 5.75. The van der Waals surface area contributed by atoms with E-state index in [4.69, 9.17) is 27.9 Å². The molecule has 3 aromatic rings. The number of imidazole rings is 1. The molecular weight excluding hydrogens is 580 g/mol. The molecule has 3 heterocycles. The molecule has 4 atom stereocenters. The summed E-state index contributed by atoms with van der Waals surface area (Å²) in [5, 5.41) is 5.40. The fraction of sp³-hybridized carbons (Fsp3) is 0.375. The van der Waals surface area contributed by atoms with Crippen molar-refractivity contribution in [3.63, 3.8) is 0 Å². The van der Waals surface area contributed by atoms with E-state index in [0.717, 1.165) is 23.6 Å². The Morgan fingerprint density at radius 3 is 2.65 bits per heavy atom. The number of ether oxygens (including phenoxy) is 1. The Bertz CT molecular complexity index is 1200. The van der Waals surface area contributed by atoms with Gasteiger partial charge in [0.25, 0.3) is 11.8 Å². The van der Waals surface area contributed by atoms with Crippen molar-refractivity contribution in [1.29, 1.82) is 0 Å². The highest BCUT2D eigenvalue weighted by atomic mass is 35.5. The van der Waals surface area contributed by atoms with E-state index < -0.39 is 17.6 Å². The van der Waals surface area contributed by atoms with E-state index in [1.54, 1.807) is 17.8 Å². The first-order chi connectivity index (χ1) is 16.7. The lowest BCUT2D eigenvalue weighted by Crippen LogP contribution is -2.57. The Morgan fingerprint density at radius 2 is 1.95 bits per heavy atom. The maximum Gasteiger partial charge on any atom is 0.276 e. The molecule has 8 nitrogen and oxygen atoms in total. The number of aromatic nitrogens is 2. The van der Waals surface area contributed by atoms with Crippen molar-refractivity contribution in [2.24, 2.45) is 0 Å². The molecule has 2 aromatic heterocycles. The van der Waals surface area contributed by atoms with Gasteiger partial charge in [0.1, 0.15) is 11.3 Å². The molecule has 13 heteroatoms. The van der Waals surface area contributed by atoms with Crippen LogP contribution in [0.5, 0.6) is 5.75 Å². The van der Waals surface area contributed by atoms with Crippen LogP contribution >= 0.6 is 59.8 Å². The van der Waals surface area contributed by atoms with Crippen LogP contribution in [0.1, 0.15) is 17.5 Å². The third-order valence-corrected chi connectivity index (χ3v) is 7.50. The lowest BCUT2D eigenvalue weighted by atomic mass is 10.2. The number of amides is 2. The summed E-state index contributed by atoms with van der Waals surface area (Å²) in [6.07, 6.45) is 2.92. The third kappa shape index (κ3) is 8.30. The topological polar surface area (TPSA) is 84.7 Å². The summed E-state index contributed by atoms with van der Waals surface area (Å²) in [6.45, 7) is 3.58. The fourth-order valence-corrected chi connectivity index (χ4v) is 6.03. The second-order valence-electron chi connectivity index (χ2n) is 8.80. The summed E-state index contributed by atoms with van der Waals surface area (Å²) in [5.74, 6) is 0.489. The van der Waals surface area contributed by atoms with Crippen LogP contribution in [0.2, 0.25) is 0 Å². The molecule has 202 valence electrons. The average molecular weight is 610 g/mol. The van der Waals surface area contributed by atoms with E-state index in [0.29, 0.717) is 22.4 Å². The number of quaternary nitrogens is 1. The van der Waals surface area contributed by atoms with Gasteiger partial charge in [0.15, 0.2) is 29.7 Å². The average Bonchev–Trinajstić information content (AvgIpc) is 3.19. The maximum atomic E-state index is 13.0. The van der Waals surface area contributed by atoms with Crippen molar-refractivity contribution < 1.29 is 18.8 Å². The Kier molecular flexibility index (Phi) is 11.7. The number of nitrogens with one attached hydrogen (secondary N) is 2. The van der Waals surface area contributed by atoms with Crippen molar-refractivity contribution in [3.05, 3.63) is 66.1 Å². The van der Waals surface area contributed by atoms with Gasteiger partial charge in [-0.3, -0.25) is 9.59 Å². The quantitative estimate of drug-likeness (QED) is 0.174. The van der Waals surface area contributed by atoms with Gasteiger partial charge >= 0.3 is 0 Å². The van der Waals surface area contributed by atoms with Gasteiger partial charge in [-0.05, 0) is 19.1 Å². The second kappa shape index (κ2) is 13.8. The van der Waals surface area contributed by atoms with Crippen LogP contribution in [0.25, 0.3) is 5.65 Å². The molecule has 37 heavy (non-hydrogen) atoms. The Balaban J connectivity index is 0.00000241. The minimum absolute atomic E-state index is 0. The summed E-state index contributed by atoms with van der Waals surface area (Å²) in [7, 11) is 1.98. The highest BCUT2D eigenvalue weighted by molar-refractivity contribution is 8.01. The molecule has 1 aromatic carbocycles. The van der Waals surface area contributed by atoms with Crippen molar-refractivity contribution in [2.45, 2.75) is 23.4 Å². The fourth-order valence-electron chi connectivity index (χ4n) is 3.97. The summed E-state index contributed by atoms with van der Waals surface area (Å²) in [4.78, 5) is 30.1. The molecular formula is C24H30Cl4N5O3S+. The van der Waals surface area contributed by atoms with Crippen molar-refractivity contribution >= 4 is 77.2 Å². The van der Waals surface area contributed by atoms with Gasteiger partial charge in [-0.25, -0.2) is 4.98 Å². The number of aryl methyl sites for hydroxylation is 1. The highest BCUT2D eigenvalue weighted by Crippen LogP contribution is 2.26. The second-order valence-corrected chi connectivity index (χ2v) is 11.3. The monoisotopic (exact) mass is 608 g/mol. The predicted molar refractivity (Wildman–Crippen MR) is 153 cm³/mol. The van der Waals surface area contributed by atoms with Gasteiger partial charge < -0.3 is 24.3 Å². The first kappa shape index (κ1) is 31.3. The van der Waals surface area contributed by atoms with Crippen LogP contribution < -0.4 is 15.4 Å². The van der Waals surface area contributed by atoms with Crippen molar-refractivity contribution in [2.75, 3.05) is 32.4 Å². The van der Waals surface area contributed by atoms with E-state index in [-0.39, 0.29) is 42.0 Å². The van der Waals surface area contributed by atoms with Crippen LogP contribution in [0.15, 0.2) is 54.9 Å². The molecule has 4 rings (SSSR count). The first-order valence-electron chi connectivity index (χ1n) is 11.2. The number of benzene rings is 1. The number of carbonyl (C=O) groups is 2. The standard InChI is InChI=1S/C24H27Cl2N5O3S.2ClH/c1-16-13-30-10-6-9-18(22(30)27-16)34-24(17-7-4-3-5-8-17)29-23(33)21(26)28-20(32)15-31(2)11-12-35-19(25)14-31;;/h3-10,13,19,21,24H,11-12,14-15H2,1-2H3,(H-,28,29,32,33);2*1H/p+1. The molecule has 1 fully saturated rings. The number of carbonyl (C=O) groups excluding carboxylic acids is 2. The number of alkyl halides is 2. The van der Waals surface area contributed by atoms with Crippen LogP contribution in [-0.2, 0) is 9.59 Å². The van der Waals surface area contributed by atoms with Crippen LogP contribution in [0.4, 0.5) is 0 Å². The van der Waals surface area contributed by atoms with Gasteiger partial charge in [-0.15, -0.1) is 48.2 Å². The van der Waals surface area contributed by atoms with Gasteiger partial charge in [0.2, 0.25) is 0 Å². The lowest BCUT2D eigenvalue weighted by Gasteiger charge is -2.38. The minimum atomic E-state index is -1.26. The van der Waals surface area contributed by atoms with Crippen molar-refractivity contribution in [1.82, 2.24) is 20.0 Å². The van der Waals surface area contributed by atoms with Crippen LogP contribution in [-0.4, -0.2) is 68.3 Å². The van der Waals surface area contributed by atoms with Gasteiger partial charge in [-0.1, -0.05) is 41.9 Å². The van der Waals surface area contributed by atoms with Gasteiger partial charge in [0, 0.05) is 23.7 Å². The van der Waals surface area contributed by atoms with E-state index >= 15 is 0 Å². The number of nitrogens with zero attached hydrogens (tertiary/aromatic N) is 3. The van der Waals surface area contributed by atoms with E-state index in [9.17, 15) is 9.59 Å². The molecule has 0 spiro atoms. The summed E-state index contributed by atoms with van der Waals surface area (Å²) in [6, 6.07) is 12.9. The number of thioether (sulfide) groups is 1. The number of fused-ring (bicyclic) bond motifs is 1. The largest absolute Gasteiger partial charge is 0.462 e.